The van der Waals surface area contributed by atoms with Crippen molar-refractivity contribution in [2.45, 2.75) is 6.04 Å². The molecule has 1 rings (SSSR count). The van der Waals surface area contributed by atoms with Crippen molar-refractivity contribution in [3.05, 3.63) is 23.9 Å². The molecule has 12 heavy (non-hydrogen) atoms. The quantitative estimate of drug-likeness (QED) is 0.522. The van der Waals surface area contributed by atoms with Crippen molar-refractivity contribution in [1.82, 2.24) is 5.32 Å². The Labute approximate surface area is 68.0 Å². The summed E-state index contributed by atoms with van der Waals surface area (Å²) in [6.07, 6.45) is 3.76. The van der Waals surface area contributed by atoms with Crippen LogP contribution in [0.25, 0.3) is 0 Å². The Bertz CT molecular complexity index is 279. The molecular formula is C7H7NO4. The van der Waals surface area contributed by atoms with Gasteiger partial charge in [-0.1, -0.05) is 0 Å². The van der Waals surface area contributed by atoms with Gasteiger partial charge >= 0.3 is 11.9 Å². The van der Waals surface area contributed by atoms with Crippen LogP contribution >= 0.6 is 0 Å². The highest BCUT2D eigenvalue weighted by Gasteiger charge is 2.18. The molecule has 0 aromatic rings. The number of rotatable bonds is 2. The first-order chi connectivity index (χ1) is 5.61. The largest absolute Gasteiger partial charge is 0.479 e. The standard InChI is InChI=1S/C7H7NO4/c9-6(10)4-1-2-8-5(3-4)7(11)12/h1-3,5,8H,(H,9,10)(H,11,12). The fourth-order valence-electron chi connectivity index (χ4n) is 0.810. The van der Waals surface area contributed by atoms with Crippen molar-refractivity contribution in [1.29, 1.82) is 0 Å². The summed E-state index contributed by atoms with van der Waals surface area (Å²) in [7, 11) is 0. The van der Waals surface area contributed by atoms with E-state index in [1.807, 2.05) is 0 Å². The summed E-state index contributed by atoms with van der Waals surface area (Å²) in [5, 5.41) is 19.5. The number of nitrogens with one attached hydrogen (secondary N) is 1. The van der Waals surface area contributed by atoms with Crippen molar-refractivity contribution >= 4 is 11.9 Å². The minimum Gasteiger partial charge on any atom is -0.479 e. The molecular weight excluding hydrogens is 162 g/mol. The van der Waals surface area contributed by atoms with Crippen molar-refractivity contribution in [2.24, 2.45) is 0 Å². The van der Waals surface area contributed by atoms with Gasteiger partial charge in [-0.15, -0.1) is 0 Å². The molecule has 0 aromatic heterocycles. The summed E-state index contributed by atoms with van der Waals surface area (Å²) in [5.41, 5.74) is -0.0128. The molecule has 0 aliphatic carbocycles. The summed E-state index contributed by atoms with van der Waals surface area (Å²) in [6, 6.07) is -0.943. The highest BCUT2D eigenvalue weighted by Crippen LogP contribution is 2.04. The monoisotopic (exact) mass is 169 g/mol. The number of aliphatic carboxylic acids is 2. The SMILES string of the molecule is O=C(O)C1=CC(C(=O)O)NC=C1. The average Bonchev–Trinajstić information content (AvgIpc) is 2.04. The summed E-state index contributed by atoms with van der Waals surface area (Å²) >= 11 is 0. The Morgan fingerprint density at radius 2 is 2.08 bits per heavy atom. The maximum atomic E-state index is 10.4. The summed E-state index contributed by atoms with van der Waals surface area (Å²) in [6.45, 7) is 0. The molecule has 3 N–H and O–H groups in total. The van der Waals surface area contributed by atoms with Crippen molar-refractivity contribution in [2.75, 3.05) is 0 Å². The molecule has 0 saturated carbocycles. The lowest BCUT2D eigenvalue weighted by atomic mass is 10.1. The Morgan fingerprint density at radius 3 is 2.58 bits per heavy atom. The number of carboxylic acid groups (broad SMARTS) is 2. The van der Waals surface area contributed by atoms with Crippen LogP contribution in [0.2, 0.25) is 0 Å². The second-order valence-electron chi connectivity index (χ2n) is 2.24. The van der Waals surface area contributed by atoms with Gasteiger partial charge in [-0.3, -0.25) is 0 Å². The predicted molar refractivity (Wildman–Crippen MR) is 39.4 cm³/mol. The molecule has 5 heteroatoms. The van der Waals surface area contributed by atoms with Crippen molar-refractivity contribution in [3.8, 4) is 0 Å². The molecule has 0 saturated heterocycles. The van der Waals surface area contributed by atoms with E-state index in [0.29, 0.717) is 0 Å². The molecule has 1 unspecified atom stereocenters. The van der Waals surface area contributed by atoms with E-state index < -0.39 is 18.0 Å². The zero-order chi connectivity index (χ0) is 9.14. The number of hydrogen-bond donors (Lipinski definition) is 3. The van der Waals surface area contributed by atoms with Gasteiger partial charge in [0.1, 0.15) is 6.04 Å². The summed E-state index contributed by atoms with van der Waals surface area (Å²) in [5.74, 6) is -2.22. The Balaban J connectivity index is 2.82. The van der Waals surface area contributed by atoms with Crippen LogP contribution in [0.5, 0.6) is 0 Å². The maximum absolute atomic E-state index is 10.4. The van der Waals surface area contributed by atoms with Crippen LogP contribution in [0.4, 0.5) is 0 Å². The van der Waals surface area contributed by atoms with Crippen LogP contribution in [0.1, 0.15) is 0 Å². The third-order valence-electron chi connectivity index (χ3n) is 1.40. The number of hydrogen-bond acceptors (Lipinski definition) is 3. The predicted octanol–water partition coefficient (Wildman–Crippen LogP) is -0.433. The lowest BCUT2D eigenvalue weighted by Crippen LogP contribution is -2.33. The van der Waals surface area contributed by atoms with E-state index in [1.54, 1.807) is 0 Å². The van der Waals surface area contributed by atoms with Gasteiger partial charge in [0.2, 0.25) is 0 Å². The second kappa shape index (κ2) is 3.08. The van der Waals surface area contributed by atoms with Gasteiger partial charge in [-0.25, -0.2) is 9.59 Å². The van der Waals surface area contributed by atoms with E-state index in [4.69, 9.17) is 10.2 Å². The lowest BCUT2D eigenvalue weighted by molar-refractivity contribution is -0.137. The Kier molecular flexibility index (Phi) is 2.14. The van der Waals surface area contributed by atoms with Crippen LogP contribution in [0.15, 0.2) is 23.9 Å². The smallest absolute Gasteiger partial charge is 0.335 e. The lowest BCUT2D eigenvalue weighted by Gasteiger charge is -2.12. The molecule has 0 aromatic carbocycles. The zero-order valence-electron chi connectivity index (χ0n) is 6.02. The average molecular weight is 169 g/mol. The molecule has 64 valence electrons. The van der Waals surface area contributed by atoms with Crippen molar-refractivity contribution in [3.63, 3.8) is 0 Å². The molecule has 1 heterocycles. The third kappa shape index (κ3) is 1.63. The summed E-state index contributed by atoms with van der Waals surface area (Å²) in [4.78, 5) is 20.8. The van der Waals surface area contributed by atoms with Crippen LogP contribution in [-0.4, -0.2) is 28.2 Å². The second-order valence-corrected chi connectivity index (χ2v) is 2.24. The van der Waals surface area contributed by atoms with E-state index in [1.165, 1.54) is 12.3 Å². The molecule has 1 atom stereocenters. The minimum absolute atomic E-state index is 0.0128. The summed E-state index contributed by atoms with van der Waals surface area (Å²) < 4.78 is 0. The van der Waals surface area contributed by atoms with Gasteiger partial charge in [0.25, 0.3) is 0 Å². The molecule has 5 nitrogen and oxygen atoms in total. The molecule has 0 spiro atoms. The fourth-order valence-corrected chi connectivity index (χ4v) is 0.810. The normalized spacial score (nSPS) is 21.0. The van der Waals surface area contributed by atoms with Gasteiger partial charge in [0.15, 0.2) is 0 Å². The Hall–Kier alpha value is -1.78. The first kappa shape index (κ1) is 8.32. The molecule has 0 radical (unpaired) electrons. The minimum atomic E-state index is -1.13. The number of carboxylic acids is 2. The van der Waals surface area contributed by atoms with Gasteiger partial charge in [-0.05, 0) is 18.4 Å². The highest BCUT2D eigenvalue weighted by molar-refractivity contribution is 5.92. The molecule has 0 bridgehead atoms. The van der Waals surface area contributed by atoms with Gasteiger partial charge in [0.05, 0.1) is 5.57 Å². The van der Waals surface area contributed by atoms with E-state index in [-0.39, 0.29) is 5.57 Å². The van der Waals surface area contributed by atoms with Crippen molar-refractivity contribution < 1.29 is 19.8 Å². The van der Waals surface area contributed by atoms with Gasteiger partial charge in [-0.2, -0.15) is 0 Å². The molecule has 1 aliphatic heterocycles. The maximum Gasteiger partial charge on any atom is 0.335 e. The van der Waals surface area contributed by atoms with Crippen LogP contribution < -0.4 is 5.32 Å². The number of carbonyl (C=O) groups is 2. The van der Waals surface area contributed by atoms with Crippen LogP contribution in [0.3, 0.4) is 0 Å². The zero-order valence-corrected chi connectivity index (χ0v) is 6.02. The highest BCUT2D eigenvalue weighted by atomic mass is 16.4. The third-order valence-corrected chi connectivity index (χ3v) is 1.40. The van der Waals surface area contributed by atoms with Gasteiger partial charge in [0, 0.05) is 0 Å². The van der Waals surface area contributed by atoms with E-state index in [2.05, 4.69) is 5.32 Å². The van der Waals surface area contributed by atoms with E-state index >= 15 is 0 Å². The van der Waals surface area contributed by atoms with Crippen LogP contribution in [-0.2, 0) is 9.59 Å². The topological polar surface area (TPSA) is 86.6 Å². The first-order valence-corrected chi connectivity index (χ1v) is 3.22. The molecule has 0 fully saturated rings. The van der Waals surface area contributed by atoms with E-state index in [0.717, 1.165) is 6.08 Å². The van der Waals surface area contributed by atoms with Gasteiger partial charge < -0.3 is 15.5 Å². The first-order valence-electron chi connectivity index (χ1n) is 3.22. The van der Waals surface area contributed by atoms with Crippen LogP contribution in [0, 0.1) is 0 Å². The number of dihydropyridines is 1. The molecule has 0 amide bonds. The fraction of sp³-hybridized carbons (Fsp3) is 0.143. The molecule has 1 aliphatic rings. The Morgan fingerprint density at radius 1 is 1.42 bits per heavy atom. The van der Waals surface area contributed by atoms with E-state index in [9.17, 15) is 9.59 Å².